The van der Waals surface area contributed by atoms with E-state index in [1.165, 1.54) is 0 Å². The van der Waals surface area contributed by atoms with Crippen LogP contribution in [-0.4, -0.2) is 40.7 Å². The molecule has 5 nitrogen and oxygen atoms in total. The number of ether oxygens (including phenoxy) is 1. The molecule has 0 bridgehead atoms. The molecule has 0 N–H and O–H groups in total. The van der Waals surface area contributed by atoms with Crippen LogP contribution in [0.3, 0.4) is 0 Å². The van der Waals surface area contributed by atoms with E-state index < -0.39 is 25.9 Å². The number of nitrogens with zero attached hydrogens (tertiary/aromatic N) is 3. The molecule has 0 saturated heterocycles. The van der Waals surface area contributed by atoms with Crippen LogP contribution >= 0.6 is 11.6 Å². The van der Waals surface area contributed by atoms with Crippen molar-refractivity contribution in [1.29, 1.82) is 0 Å². The summed E-state index contributed by atoms with van der Waals surface area (Å²) in [7, 11) is 0. The number of esters is 1. The number of carbonyl (C=O) groups is 1. The van der Waals surface area contributed by atoms with Gasteiger partial charge in [0, 0.05) is 0 Å². The van der Waals surface area contributed by atoms with E-state index in [-0.39, 0.29) is 10.7 Å². The van der Waals surface area contributed by atoms with Crippen molar-refractivity contribution in [3.8, 4) is 5.82 Å². The summed E-state index contributed by atoms with van der Waals surface area (Å²) in [5, 5.41) is 4.63. The zero-order chi connectivity index (χ0) is 16.5. The van der Waals surface area contributed by atoms with Crippen LogP contribution in [0.5, 0.6) is 0 Å². The first-order chi connectivity index (χ1) is 10.2. The van der Waals surface area contributed by atoms with Crippen molar-refractivity contribution < 1.29 is 9.53 Å². The SMILES string of the molecule is [CH3][Ge]([CH3])[c]1ccn(-c2ccc(C(=O)OC(C)(C)C)c(Cl)n2)n1. The van der Waals surface area contributed by atoms with Gasteiger partial charge in [-0.05, 0) is 0 Å². The molecular weight excluding hydrogens is 362 g/mol. The summed E-state index contributed by atoms with van der Waals surface area (Å²) in [4.78, 5) is 16.3. The van der Waals surface area contributed by atoms with Gasteiger partial charge in [-0.1, -0.05) is 0 Å². The van der Waals surface area contributed by atoms with Crippen LogP contribution in [0.1, 0.15) is 31.1 Å². The van der Waals surface area contributed by atoms with Crippen molar-refractivity contribution in [3.63, 3.8) is 0 Å². The number of hydrogen-bond acceptors (Lipinski definition) is 4. The van der Waals surface area contributed by atoms with Gasteiger partial charge >= 0.3 is 140 Å². The summed E-state index contributed by atoms with van der Waals surface area (Å²) in [5.74, 6) is 4.58. The van der Waals surface area contributed by atoms with E-state index in [2.05, 4.69) is 21.6 Å². The van der Waals surface area contributed by atoms with Gasteiger partial charge in [0.1, 0.15) is 0 Å². The molecule has 0 aliphatic carbocycles. The Balaban J connectivity index is 2.27. The fraction of sp³-hybridized carbons (Fsp3) is 0.400. The Morgan fingerprint density at radius 1 is 1.27 bits per heavy atom. The molecule has 1 radical (unpaired) electrons. The van der Waals surface area contributed by atoms with Gasteiger partial charge in [-0.3, -0.25) is 0 Å². The van der Waals surface area contributed by atoms with Gasteiger partial charge in [0.05, 0.1) is 0 Å². The Morgan fingerprint density at radius 3 is 2.45 bits per heavy atom. The summed E-state index contributed by atoms with van der Waals surface area (Å²) in [6, 6.07) is 5.34. The Labute approximate surface area is 139 Å². The minimum absolute atomic E-state index is 0.119. The quantitative estimate of drug-likeness (QED) is 0.466. The van der Waals surface area contributed by atoms with E-state index in [0.29, 0.717) is 5.82 Å². The molecule has 0 saturated carbocycles. The average Bonchev–Trinajstić information content (AvgIpc) is 2.85. The second-order valence-electron chi connectivity index (χ2n) is 6.16. The standard InChI is InChI=1S/C15H19ClGeN3O2/c1-15(2,3)22-14(21)10-6-7-12(18-13(10)16)20-9-8-11(19-20)17(4)5/h6-9H,1-5H3. The van der Waals surface area contributed by atoms with E-state index in [0.717, 1.165) is 4.53 Å². The summed E-state index contributed by atoms with van der Waals surface area (Å²) < 4.78 is 8.12. The van der Waals surface area contributed by atoms with E-state index in [1.54, 1.807) is 16.8 Å². The van der Waals surface area contributed by atoms with Crippen molar-refractivity contribution in [3.05, 3.63) is 35.1 Å². The monoisotopic (exact) mass is 382 g/mol. The first-order valence-corrected chi connectivity index (χ1v) is 12.6. The molecule has 0 unspecified atom stereocenters. The molecule has 7 heteroatoms. The maximum atomic E-state index is 12.1. The van der Waals surface area contributed by atoms with Gasteiger partial charge in [-0.25, -0.2) is 0 Å². The number of pyridine rings is 1. The molecule has 0 aliphatic heterocycles. The third-order valence-electron chi connectivity index (χ3n) is 2.79. The van der Waals surface area contributed by atoms with E-state index >= 15 is 0 Å². The number of halogens is 1. The van der Waals surface area contributed by atoms with Gasteiger partial charge in [-0.15, -0.1) is 0 Å². The summed E-state index contributed by atoms with van der Waals surface area (Å²) in [6.07, 6.45) is 1.86. The molecule has 0 aliphatic rings. The topological polar surface area (TPSA) is 57.0 Å². The molecule has 2 aromatic heterocycles. The summed E-state index contributed by atoms with van der Waals surface area (Å²) in [6.45, 7) is 5.42. The predicted molar refractivity (Wildman–Crippen MR) is 88.7 cm³/mol. The molecule has 2 heterocycles. The van der Waals surface area contributed by atoms with Gasteiger partial charge < -0.3 is 0 Å². The Bertz CT molecular complexity index is 692. The third-order valence-corrected chi connectivity index (χ3v) is 5.79. The van der Waals surface area contributed by atoms with Gasteiger partial charge in [0.15, 0.2) is 0 Å². The molecule has 0 amide bonds. The van der Waals surface area contributed by atoms with Gasteiger partial charge in [0.25, 0.3) is 0 Å². The molecule has 0 spiro atoms. The number of hydrogen-bond donors (Lipinski definition) is 0. The summed E-state index contributed by atoms with van der Waals surface area (Å²) >= 11 is 4.91. The second kappa shape index (κ2) is 6.42. The maximum absolute atomic E-state index is 12.1. The zero-order valence-electron chi connectivity index (χ0n) is 13.3. The second-order valence-corrected chi connectivity index (χ2v) is 11.8. The number of aromatic nitrogens is 3. The van der Waals surface area contributed by atoms with Crippen molar-refractivity contribution in [2.45, 2.75) is 37.9 Å². The number of rotatable bonds is 3. The van der Waals surface area contributed by atoms with Crippen LogP contribution in [0.4, 0.5) is 0 Å². The first-order valence-electron chi connectivity index (χ1n) is 6.94. The van der Waals surface area contributed by atoms with Crippen LogP contribution in [0, 0.1) is 0 Å². The minimum atomic E-state index is -1.22. The van der Waals surface area contributed by atoms with Gasteiger partial charge in [0.2, 0.25) is 0 Å². The molecule has 22 heavy (non-hydrogen) atoms. The van der Waals surface area contributed by atoms with Crippen LogP contribution in [-0.2, 0) is 4.74 Å². The fourth-order valence-corrected chi connectivity index (χ4v) is 3.48. The van der Waals surface area contributed by atoms with Crippen LogP contribution in [0.2, 0.25) is 16.7 Å². The van der Waals surface area contributed by atoms with Crippen molar-refractivity contribution >= 4 is 36.4 Å². The third kappa shape index (κ3) is 4.10. The van der Waals surface area contributed by atoms with Crippen LogP contribution in [0.15, 0.2) is 24.4 Å². The zero-order valence-corrected chi connectivity index (χ0v) is 16.2. The average molecular weight is 381 g/mol. The first kappa shape index (κ1) is 17.0. The Kier molecular flexibility index (Phi) is 4.97. The van der Waals surface area contributed by atoms with Crippen LogP contribution in [0.25, 0.3) is 5.82 Å². The van der Waals surface area contributed by atoms with E-state index in [1.807, 2.05) is 33.0 Å². The predicted octanol–water partition coefficient (Wildman–Crippen LogP) is 2.84. The summed E-state index contributed by atoms with van der Waals surface area (Å²) in [5.41, 5.74) is -0.313. The molecule has 2 rings (SSSR count). The van der Waals surface area contributed by atoms with Crippen LogP contribution < -0.4 is 4.53 Å². The molecule has 2 aromatic rings. The number of carbonyl (C=O) groups excluding carboxylic acids is 1. The molecule has 0 aromatic carbocycles. The fourth-order valence-electron chi connectivity index (χ4n) is 1.76. The molecular formula is C15H19ClGeN3O2. The Morgan fingerprint density at radius 2 is 1.95 bits per heavy atom. The van der Waals surface area contributed by atoms with E-state index in [9.17, 15) is 4.79 Å². The van der Waals surface area contributed by atoms with Gasteiger partial charge in [-0.2, -0.15) is 0 Å². The van der Waals surface area contributed by atoms with Crippen molar-refractivity contribution in [2.75, 3.05) is 0 Å². The molecule has 0 fully saturated rings. The van der Waals surface area contributed by atoms with Crippen molar-refractivity contribution in [2.24, 2.45) is 0 Å². The normalized spacial score (nSPS) is 11.8. The molecule has 117 valence electrons. The van der Waals surface area contributed by atoms with E-state index in [4.69, 9.17) is 16.3 Å². The van der Waals surface area contributed by atoms with Crippen molar-refractivity contribution in [1.82, 2.24) is 14.8 Å². The Hall–Kier alpha value is -1.34. The molecule has 0 atom stereocenters.